The lowest BCUT2D eigenvalue weighted by Gasteiger charge is -2.32. The first kappa shape index (κ1) is 26.8. The molecular formula is C24H28N4O7S. The van der Waals surface area contributed by atoms with E-state index in [1.807, 2.05) is 6.07 Å². The van der Waals surface area contributed by atoms with Crippen molar-refractivity contribution in [3.63, 3.8) is 0 Å². The summed E-state index contributed by atoms with van der Waals surface area (Å²) < 4.78 is 46.8. The summed E-state index contributed by atoms with van der Waals surface area (Å²) in [5, 5.41) is 1.06. The Morgan fingerprint density at radius 2 is 1.64 bits per heavy atom. The van der Waals surface area contributed by atoms with Crippen molar-refractivity contribution in [2.45, 2.75) is 6.10 Å². The second-order valence-electron chi connectivity index (χ2n) is 7.55. The van der Waals surface area contributed by atoms with Gasteiger partial charge in [0.25, 0.3) is 0 Å². The molecule has 0 saturated carbocycles. The molecule has 0 aliphatic carbocycles. The zero-order chi connectivity index (χ0) is 25.8. The number of rotatable bonds is 13. The topological polar surface area (TPSA) is 130 Å². The summed E-state index contributed by atoms with van der Waals surface area (Å²) in [5.74, 6) is -1.15. The van der Waals surface area contributed by atoms with E-state index in [1.165, 1.54) is 23.1 Å². The molecular weight excluding hydrogens is 488 g/mol. The molecule has 1 aromatic carbocycles. The maximum absolute atomic E-state index is 12.7. The van der Waals surface area contributed by atoms with Gasteiger partial charge in [0.05, 0.1) is 13.2 Å². The molecule has 2 aromatic rings. The molecule has 0 N–H and O–H groups in total. The minimum atomic E-state index is -3.74. The largest absolute Gasteiger partial charge is 0.460 e. The van der Waals surface area contributed by atoms with Gasteiger partial charge in [-0.2, -0.15) is 0 Å². The first-order chi connectivity index (χ1) is 17.4. The third-order valence-corrected chi connectivity index (χ3v) is 5.92. The van der Waals surface area contributed by atoms with Gasteiger partial charge in [0, 0.05) is 12.0 Å². The second-order valence-corrected chi connectivity index (χ2v) is 9.43. The van der Waals surface area contributed by atoms with Gasteiger partial charge in [-0.15, -0.1) is 15.0 Å². The van der Waals surface area contributed by atoms with Crippen molar-refractivity contribution in [1.29, 1.82) is 0 Å². The average Bonchev–Trinajstić information content (AvgIpc) is 2.89. The number of carbonyl (C=O) groups is 1. The van der Waals surface area contributed by atoms with Crippen LogP contribution in [-0.4, -0.2) is 85.6 Å². The number of carbonyl (C=O) groups excluding carboxylic acids is 1. The predicted molar refractivity (Wildman–Crippen MR) is 132 cm³/mol. The molecule has 1 atom stereocenters. The third kappa shape index (κ3) is 8.78. The van der Waals surface area contributed by atoms with Crippen molar-refractivity contribution >= 4 is 21.8 Å². The molecule has 1 aliphatic heterocycles. The van der Waals surface area contributed by atoms with Gasteiger partial charge in [-0.3, -0.25) is 4.79 Å². The highest BCUT2D eigenvalue weighted by Gasteiger charge is 2.27. The van der Waals surface area contributed by atoms with Crippen LogP contribution in [0.25, 0.3) is 6.08 Å². The monoisotopic (exact) mass is 516 g/mol. The summed E-state index contributed by atoms with van der Waals surface area (Å²) in [6, 6.07) is 8.92. The summed E-state index contributed by atoms with van der Waals surface area (Å²) in [5.41, 5.74) is 0.728. The van der Waals surface area contributed by atoms with Crippen molar-refractivity contribution in [1.82, 2.24) is 19.9 Å². The van der Waals surface area contributed by atoms with Crippen LogP contribution in [-0.2, 0) is 19.4 Å². The highest BCUT2D eigenvalue weighted by Crippen LogP contribution is 2.16. The number of aromatic nitrogens is 3. The number of nitrogens with zero attached hydrogens (tertiary/aromatic N) is 4. The van der Waals surface area contributed by atoms with Gasteiger partial charge in [0.2, 0.25) is 5.91 Å². The number of sulfone groups is 1. The van der Waals surface area contributed by atoms with E-state index in [2.05, 4.69) is 28.1 Å². The van der Waals surface area contributed by atoms with Crippen LogP contribution < -0.4 is 14.2 Å². The van der Waals surface area contributed by atoms with E-state index in [9.17, 15) is 13.2 Å². The molecule has 1 aliphatic rings. The van der Waals surface area contributed by atoms with Crippen LogP contribution in [0.15, 0.2) is 61.0 Å². The van der Waals surface area contributed by atoms with E-state index >= 15 is 0 Å². The maximum Gasteiger partial charge on any atom is 0.326 e. The van der Waals surface area contributed by atoms with Gasteiger partial charge in [-0.05, 0) is 11.6 Å². The normalized spacial score (nSPS) is 15.9. The van der Waals surface area contributed by atoms with E-state index in [1.54, 1.807) is 24.3 Å². The zero-order valence-corrected chi connectivity index (χ0v) is 20.5. The molecule has 11 nitrogen and oxygen atoms in total. The van der Waals surface area contributed by atoms with E-state index < -0.39 is 27.6 Å². The fourth-order valence-corrected chi connectivity index (χ4v) is 4.04. The van der Waals surface area contributed by atoms with Crippen molar-refractivity contribution in [2.24, 2.45) is 0 Å². The molecule has 12 heteroatoms. The maximum atomic E-state index is 12.7. The molecule has 1 aromatic heterocycles. The molecule has 0 bridgehead atoms. The van der Waals surface area contributed by atoms with E-state index in [0.29, 0.717) is 0 Å². The number of hydrogen-bond acceptors (Lipinski definition) is 10. The van der Waals surface area contributed by atoms with Crippen molar-refractivity contribution in [3.8, 4) is 18.0 Å². The summed E-state index contributed by atoms with van der Waals surface area (Å²) >= 11 is 0. The highest BCUT2D eigenvalue weighted by molar-refractivity contribution is 7.95. The van der Waals surface area contributed by atoms with Gasteiger partial charge >= 0.3 is 18.0 Å². The standard InChI is InChI=1S/C24H28N4O7S/c1-3-12-33-22-25-23(34-13-4-2)27-24(26-22)35-17-20-16-28(11-14-32-20)21(29)18-36(30,31)15-10-19-8-6-5-7-9-19/h3-10,15,20H,1-2,11-14,16-18H2. The lowest BCUT2D eigenvalue weighted by Crippen LogP contribution is -2.49. The lowest BCUT2D eigenvalue weighted by molar-refractivity contribution is -0.137. The zero-order valence-electron chi connectivity index (χ0n) is 19.7. The summed E-state index contributed by atoms with van der Waals surface area (Å²) in [4.78, 5) is 26.3. The fourth-order valence-electron chi connectivity index (χ4n) is 3.05. The quantitative estimate of drug-likeness (QED) is 0.363. The van der Waals surface area contributed by atoms with E-state index in [0.717, 1.165) is 11.0 Å². The van der Waals surface area contributed by atoms with Gasteiger partial charge in [-0.25, -0.2) is 8.42 Å². The lowest BCUT2D eigenvalue weighted by atomic mass is 10.2. The molecule has 1 fully saturated rings. The Morgan fingerprint density at radius 1 is 1.03 bits per heavy atom. The third-order valence-electron chi connectivity index (χ3n) is 4.72. The first-order valence-electron chi connectivity index (χ1n) is 11.1. The highest BCUT2D eigenvalue weighted by atomic mass is 32.2. The average molecular weight is 517 g/mol. The molecule has 1 saturated heterocycles. The summed E-state index contributed by atoms with van der Waals surface area (Å²) in [6.45, 7) is 8.18. The molecule has 0 spiro atoms. The minimum Gasteiger partial charge on any atom is -0.460 e. The molecule has 1 unspecified atom stereocenters. The Kier molecular flexibility index (Phi) is 9.95. The van der Waals surface area contributed by atoms with Gasteiger partial charge in [0.15, 0.2) is 9.84 Å². The van der Waals surface area contributed by atoms with Crippen LogP contribution >= 0.6 is 0 Å². The second kappa shape index (κ2) is 13.4. The van der Waals surface area contributed by atoms with Crippen LogP contribution in [0.1, 0.15) is 5.56 Å². The predicted octanol–water partition coefficient (Wildman–Crippen LogP) is 1.69. The van der Waals surface area contributed by atoms with E-state index in [-0.39, 0.29) is 57.5 Å². The van der Waals surface area contributed by atoms with Crippen molar-refractivity contribution in [2.75, 3.05) is 45.3 Å². The van der Waals surface area contributed by atoms with Gasteiger partial charge in [-0.1, -0.05) is 55.6 Å². The molecule has 2 heterocycles. The number of morpholine rings is 1. The molecule has 192 valence electrons. The number of ether oxygens (including phenoxy) is 4. The van der Waals surface area contributed by atoms with Gasteiger partial charge < -0.3 is 23.8 Å². The van der Waals surface area contributed by atoms with Crippen LogP contribution in [0.5, 0.6) is 18.0 Å². The smallest absolute Gasteiger partial charge is 0.326 e. The number of benzene rings is 1. The number of hydrogen-bond donors (Lipinski definition) is 0. The Labute approximate surface area is 210 Å². The van der Waals surface area contributed by atoms with Crippen LogP contribution in [0.2, 0.25) is 0 Å². The van der Waals surface area contributed by atoms with Crippen LogP contribution in [0.4, 0.5) is 0 Å². The Morgan fingerprint density at radius 3 is 2.25 bits per heavy atom. The molecule has 1 amide bonds. The van der Waals surface area contributed by atoms with Crippen LogP contribution in [0.3, 0.4) is 0 Å². The summed E-state index contributed by atoms with van der Waals surface area (Å²) in [7, 11) is -3.74. The molecule has 36 heavy (non-hydrogen) atoms. The number of amides is 1. The van der Waals surface area contributed by atoms with E-state index in [4.69, 9.17) is 18.9 Å². The first-order valence-corrected chi connectivity index (χ1v) is 12.8. The molecule has 0 radical (unpaired) electrons. The van der Waals surface area contributed by atoms with Gasteiger partial charge in [0.1, 0.15) is 31.7 Å². The summed E-state index contributed by atoms with van der Waals surface area (Å²) in [6.07, 6.45) is 4.02. The van der Waals surface area contributed by atoms with Crippen molar-refractivity contribution in [3.05, 3.63) is 66.6 Å². The SMILES string of the molecule is C=CCOc1nc(OCC=C)nc(OCC2CN(C(=O)CS(=O)(=O)C=Cc3ccccc3)CCO2)n1. The fraction of sp³-hybridized carbons (Fsp3) is 0.333. The Hall–Kier alpha value is -3.77. The Bertz CT molecular complexity index is 1140. The Balaban J connectivity index is 1.56. The van der Waals surface area contributed by atoms with Crippen molar-refractivity contribution < 1.29 is 32.2 Å². The molecule has 3 rings (SSSR count). The minimum absolute atomic E-state index is 0.00547. The van der Waals surface area contributed by atoms with Crippen LogP contribution in [0, 0.1) is 0 Å².